The summed E-state index contributed by atoms with van der Waals surface area (Å²) >= 11 is 0. The lowest BCUT2D eigenvalue weighted by atomic mass is 10.2. The molecule has 0 fully saturated rings. The second-order valence-electron chi connectivity index (χ2n) is 5.21. The summed E-state index contributed by atoms with van der Waals surface area (Å²) in [4.78, 5) is 17.9. The number of rotatable bonds is 6. The minimum Gasteiger partial charge on any atom is -0.351 e. The molecule has 0 bridgehead atoms. The van der Waals surface area contributed by atoms with E-state index in [1.807, 2.05) is 19.0 Å². The quantitative estimate of drug-likeness (QED) is 0.858. The van der Waals surface area contributed by atoms with Crippen LogP contribution in [0.4, 0.5) is 20.2 Å². The molecule has 2 rings (SSSR count). The second-order valence-corrected chi connectivity index (χ2v) is 5.21. The molecule has 2 N–H and O–H groups in total. The van der Waals surface area contributed by atoms with Gasteiger partial charge in [-0.05, 0) is 38.4 Å². The zero-order valence-corrected chi connectivity index (χ0v) is 12.9. The number of amides is 1. The number of anilines is 2. The Morgan fingerprint density at radius 1 is 1.22 bits per heavy atom. The van der Waals surface area contributed by atoms with E-state index in [0.29, 0.717) is 18.8 Å². The highest BCUT2D eigenvalue weighted by molar-refractivity contribution is 5.93. The first-order valence-electron chi connectivity index (χ1n) is 7.07. The van der Waals surface area contributed by atoms with Gasteiger partial charge in [0.05, 0.1) is 0 Å². The Morgan fingerprint density at radius 2 is 1.91 bits per heavy atom. The summed E-state index contributed by atoms with van der Waals surface area (Å²) in [6.07, 6.45) is 1.40. The molecule has 23 heavy (non-hydrogen) atoms. The molecule has 7 heteroatoms. The largest absolute Gasteiger partial charge is 0.351 e. The fraction of sp³-hybridized carbons (Fsp3) is 0.250. The third-order valence-electron chi connectivity index (χ3n) is 3.07. The molecule has 0 saturated heterocycles. The lowest BCUT2D eigenvalue weighted by molar-refractivity contribution is 0.0946. The van der Waals surface area contributed by atoms with Gasteiger partial charge in [0.1, 0.15) is 23.0 Å². The molecule has 1 heterocycles. The van der Waals surface area contributed by atoms with Gasteiger partial charge in [0.25, 0.3) is 5.91 Å². The Balaban J connectivity index is 2.09. The van der Waals surface area contributed by atoms with Crippen LogP contribution in [-0.4, -0.2) is 43.0 Å². The summed E-state index contributed by atoms with van der Waals surface area (Å²) in [5, 5.41) is 5.36. The first kappa shape index (κ1) is 16.8. The molecule has 122 valence electrons. The number of benzene rings is 1. The second kappa shape index (κ2) is 7.64. The fourth-order valence-electron chi connectivity index (χ4n) is 1.88. The third-order valence-corrected chi connectivity index (χ3v) is 3.07. The highest BCUT2D eigenvalue weighted by atomic mass is 19.1. The number of carbonyl (C=O) groups excluding carboxylic acids is 1. The van der Waals surface area contributed by atoms with Gasteiger partial charge in [-0.15, -0.1) is 0 Å². The van der Waals surface area contributed by atoms with E-state index < -0.39 is 11.6 Å². The molecule has 0 aliphatic carbocycles. The Hall–Kier alpha value is -2.54. The van der Waals surface area contributed by atoms with Crippen LogP contribution < -0.4 is 10.6 Å². The van der Waals surface area contributed by atoms with E-state index in [2.05, 4.69) is 15.6 Å². The van der Waals surface area contributed by atoms with Gasteiger partial charge in [-0.1, -0.05) is 6.07 Å². The summed E-state index contributed by atoms with van der Waals surface area (Å²) in [5.41, 5.74) is 0.282. The van der Waals surface area contributed by atoms with Crippen LogP contribution in [0.3, 0.4) is 0 Å². The molecule has 0 saturated carbocycles. The van der Waals surface area contributed by atoms with Crippen LogP contribution >= 0.6 is 0 Å². The van der Waals surface area contributed by atoms with Crippen molar-refractivity contribution in [3.8, 4) is 0 Å². The molecule has 0 atom stereocenters. The summed E-state index contributed by atoms with van der Waals surface area (Å²) < 4.78 is 27.3. The van der Waals surface area contributed by atoms with Crippen LogP contribution in [0.1, 0.15) is 10.5 Å². The lowest BCUT2D eigenvalue weighted by Gasteiger charge is -2.11. The van der Waals surface area contributed by atoms with Gasteiger partial charge in [0.2, 0.25) is 0 Å². The number of carbonyl (C=O) groups is 1. The van der Waals surface area contributed by atoms with E-state index >= 15 is 0 Å². The summed E-state index contributed by atoms with van der Waals surface area (Å²) in [6, 6.07) is 6.56. The maximum atomic E-state index is 13.6. The van der Waals surface area contributed by atoms with Gasteiger partial charge < -0.3 is 15.5 Å². The summed E-state index contributed by atoms with van der Waals surface area (Å²) in [6.45, 7) is 1.18. The minimum absolute atomic E-state index is 0.172. The van der Waals surface area contributed by atoms with Crippen LogP contribution in [0.2, 0.25) is 0 Å². The van der Waals surface area contributed by atoms with Crippen LogP contribution in [-0.2, 0) is 0 Å². The number of likely N-dealkylation sites (N-methyl/N-ethyl adjacent to an activating group) is 1. The molecule has 5 nitrogen and oxygen atoms in total. The van der Waals surface area contributed by atoms with Crippen molar-refractivity contribution >= 4 is 17.3 Å². The summed E-state index contributed by atoms with van der Waals surface area (Å²) in [7, 11) is 3.80. The number of halogens is 2. The molecule has 1 amide bonds. The van der Waals surface area contributed by atoms with Crippen LogP contribution in [0.25, 0.3) is 0 Å². The number of nitrogens with zero attached hydrogens (tertiary/aromatic N) is 2. The molecule has 0 spiro atoms. The smallest absolute Gasteiger partial charge is 0.269 e. The molecular formula is C16H18F2N4O. The van der Waals surface area contributed by atoms with Crippen molar-refractivity contribution in [2.75, 3.05) is 32.5 Å². The predicted molar refractivity (Wildman–Crippen MR) is 84.8 cm³/mol. The van der Waals surface area contributed by atoms with Gasteiger partial charge in [-0.2, -0.15) is 0 Å². The van der Waals surface area contributed by atoms with Gasteiger partial charge in [-0.25, -0.2) is 8.78 Å². The van der Waals surface area contributed by atoms with Crippen molar-refractivity contribution in [3.63, 3.8) is 0 Å². The predicted octanol–water partition coefficient (Wildman–Crippen LogP) is 2.39. The molecular weight excluding hydrogens is 302 g/mol. The van der Waals surface area contributed by atoms with E-state index in [1.54, 1.807) is 0 Å². The van der Waals surface area contributed by atoms with Crippen LogP contribution in [0.5, 0.6) is 0 Å². The first-order valence-corrected chi connectivity index (χ1v) is 7.07. The number of para-hydroxylation sites is 1. The van der Waals surface area contributed by atoms with Crippen molar-refractivity contribution in [2.24, 2.45) is 0 Å². The monoisotopic (exact) mass is 320 g/mol. The van der Waals surface area contributed by atoms with E-state index in [0.717, 1.165) is 12.1 Å². The number of hydrogen-bond acceptors (Lipinski definition) is 4. The zero-order valence-electron chi connectivity index (χ0n) is 12.9. The fourth-order valence-corrected chi connectivity index (χ4v) is 1.88. The van der Waals surface area contributed by atoms with Crippen LogP contribution in [0, 0.1) is 11.6 Å². The maximum Gasteiger partial charge on any atom is 0.269 e. The van der Waals surface area contributed by atoms with Crippen molar-refractivity contribution in [3.05, 3.63) is 53.9 Å². The standard InChI is InChI=1S/C16H18F2N4O/c1-22(2)9-8-20-16(23)14-10-11(6-7-19-14)21-15-12(17)4-3-5-13(15)18/h3-7,10H,8-9H2,1-2H3,(H,19,21)(H,20,23). The average Bonchev–Trinajstić information content (AvgIpc) is 2.51. The van der Waals surface area contributed by atoms with Crippen molar-refractivity contribution in [2.45, 2.75) is 0 Å². The number of hydrogen-bond donors (Lipinski definition) is 2. The van der Waals surface area contributed by atoms with E-state index in [1.165, 1.54) is 24.4 Å². The van der Waals surface area contributed by atoms with Gasteiger partial charge in [0, 0.05) is 25.0 Å². The Bertz CT molecular complexity index is 671. The Morgan fingerprint density at radius 3 is 2.57 bits per heavy atom. The van der Waals surface area contributed by atoms with Crippen molar-refractivity contribution in [1.82, 2.24) is 15.2 Å². The first-order chi connectivity index (χ1) is 11.0. The third kappa shape index (κ3) is 4.72. The van der Waals surface area contributed by atoms with Crippen molar-refractivity contribution in [1.29, 1.82) is 0 Å². The average molecular weight is 320 g/mol. The maximum absolute atomic E-state index is 13.6. The number of pyridine rings is 1. The van der Waals surface area contributed by atoms with E-state index in [-0.39, 0.29) is 17.3 Å². The highest BCUT2D eigenvalue weighted by Crippen LogP contribution is 2.23. The number of nitrogens with one attached hydrogen (secondary N) is 2. The molecule has 0 aliphatic heterocycles. The van der Waals surface area contributed by atoms with E-state index in [4.69, 9.17) is 0 Å². The van der Waals surface area contributed by atoms with Crippen molar-refractivity contribution < 1.29 is 13.6 Å². The lowest BCUT2D eigenvalue weighted by Crippen LogP contribution is -2.31. The van der Waals surface area contributed by atoms with Gasteiger partial charge in [-0.3, -0.25) is 9.78 Å². The topological polar surface area (TPSA) is 57.3 Å². The highest BCUT2D eigenvalue weighted by Gasteiger charge is 2.11. The van der Waals surface area contributed by atoms with Gasteiger partial charge in [0.15, 0.2) is 0 Å². The molecule has 0 radical (unpaired) electrons. The minimum atomic E-state index is -0.709. The Kier molecular flexibility index (Phi) is 5.59. The SMILES string of the molecule is CN(C)CCNC(=O)c1cc(Nc2c(F)cccc2F)ccn1. The number of aromatic nitrogens is 1. The van der Waals surface area contributed by atoms with Gasteiger partial charge >= 0.3 is 0 Å². The van der Waals surface area contributed by atoms with Crippen LogP contribution in [0.15, 0.2) is 36.5 Å². The summed E-state index contributed by atoms with van der Waals surface area (Å²) in [5.74, 6) is -1.76. The molecule has 2 aromatic rings. The zero-order chi connectivity index (χ0) is 16.8. The molecule has 1 aromatic carbocycles. The normalized spacial score (nSPS) is 10.7. The molecule has 0 aliphatic rings. The molecule has 1 aromatic heterocycles. The Labute approximate surface area is 133 Å². The van der Waals surface area contributed by atoms with E-state index in [9.17, 15) is 13.6 Å². The molecule has 0 unspecified atom stereocenters.